The van der Waals surface area contributed by atoms with E-state index in [2.05, 4.69) is 5.10 Å². The third-order valence-electron chi connectivity index (χ3n) is 1.57. The molecule has 0 aliphatic rings. The summed E-state index contributed by atoms with van der Waals surface area (Å²) >= 11 is 0. The van der Waals surface area contributed by atoms with Gasteiger partial charge in [0.1, 0.15) is 5.69 Å². The predicted molar refractivity (Wildman–Crippen MR) is 51.6 cm³/mol. The van der Waals surface area contributed by atoms with Crippen molar-refractivity contribution >= 4 is 18.4 Å². The number of aromatic nitrogens is 2. The number of halogens is 1. The number of nitrogens with zero attached hydrogens (tertiary/aromatic N) is 2. The second-order valence-electron chi connectivity index (χ2n) is 3.01. The maximum Gasteiger partial charge on any atom is 0.354 e. The van der Waals surface area contributed by atoms with Crippen LogP contribution in [0.1, 0.15) is 36.1 Å². The molecule has 0 amide bonds. The topological polar surface area (TPSA) is 55.1 Å². The summed E-state index contributed by atoms with van der Waals surface area (Å²) in [5.74, 6) is -0.927. The summed E-state index contributed by atoms with van der Waals surface area (Å²) in [5, 5.41) is 12.8. The first-order valence-electron chi connectivity index (χ1n) is 3.82. The minimum Gasteiger partial charge on any atom is -0.477 e. The van der Waals surface area contributed by atoms with Crippen molar-refractivity contribution in [2.45, 2.75) is 26.8 Å². The monoisotopic (exact) mass is 204 g/mol. The molecule has 1 rings (SSSR count). The zero-order valence-corrected chi connectivity index (χ0v) is 8.63. The first-order chi connectivity index (χ1) is 5.52. The third-order valence-corrected chi connectivity index (χ3v) is 1.57. The van der Waals surface area contributed by atoms with Crippen molar-refractivity contribution in [2.24, 2.45) is 0 Å². The maximum atomic E-state index is 10.7. The largest absolute Gasteiger partial charge is 0.477 e. The lowest BCUT2D eigenvalue weighted by molar-refractivity contribution is 0.0681. The van der Waals surface area contributed by atoms with E-state index >= 15 is 0 Å². The highest BCUT2D eigenvalue weighted by atomic mass is 35.5. The molecule has 1 aromatic rings. The molecule has 0 aromatic carbocycles. The van der Waals surface area contributed by atoms with Crippen molar-refractivity contribution in [2.75, 3.05) is 0 Å². The Morgan fingerprint density at radius 3 is 2.46 bits per heavy atom. The van der Waals surface area contributed by atoms with E-state index in [9.17, 15) is 4.79 Å². The summed E-state index contributed by atoms with van der Waals surface area (Å²) < 4.78 is 1.51. The van der Waals surface area contributed by atoms with E-state index in [-0.39, 0.29) is 24.1 Å². The van der Waals surface area contributed by atoms with Gasteiger partial charge in [-0.25, -0.2) is 4.79 Å². The summed E-state index contributed by atoms with van der Waals surface area (Å²) in [5.41, 5.74) is 0.989. The second-order valence-corrected chi connectivity index (χ2v) is 3.01. The second kappa shape index (κ2) is 4.28. The number of aromatic carboxylic acids is 1. The third kappa shape index (κ3) is 2.45. The van der Waals surface area contributed by atoms with Gasteiger partial charge >= 0.3 is 5.97 Å². The molecule has 0 atom stereocenters. The number of aryl methyl sites for hydroxylation is 1. The average Bonchev–Trinajstić information content (AvgIpc) is 2.31. The van der Waals surface area contributed by atoms with Gasteiger partial charge in [0, 0.05) is 6.04 Å². The molecule has 4 nitrogen and oxygen atoms in total. The standard InChI is InChI=1S/C8H12N2O2.ClH/c1-5(2)10-7(8(11)12)4-6(3)9-10;/h4-5H,1-3H3,(H,11,12);1H. The molecule has 5 heteroatoms. The molecule has 0 aliphatic carbocycles. The van der Waals surface area contributed by atoms with Gasteiger partial charge in [-0.05, 0) is 26.8 Å². The van der Waals surface area contributed by atoms with Crippen molar-refractivity contribution in [1.29, 1.82) is 0 Å². The predicted octanol–water partition coefficient (Wildman–Crippen LogP) is 1.89. The Kier molecular flexibility index (Phi) is 3.94. The molecule has 1 aromatic heterocycles. The SMILES string of the molecule is Cc1cc(C(=O)O)n(C(C)C)n1.Cl. The molecule has 0 radical (unpaired) electrons. The number of hydrogen-bond acceptors (Lipinski definition) is 2. The van der Waals surface area contributed by atoms with Gasteiger partial charge in [-0.3, -0.25) is 4.68 Å². The molecule has 0 spiro atoms. The Labute approximate surface area is 83.0 Å². The molecule has 1 N–H and O–H groups in total. The van der Waals surface area contributed by atoms with E-state index in [0.717, 1.165) is 5.69 Å². The van der Waals surface area contributed by atoms with Gasteiger partial charge in [0.05, 0.1) is 5.69 Å². The number of carboxylic acid groups (broad SMARTS) is 1. The van der Waals surface area contributed by atoms with E-state index in [4.69, 9.17) is 5.11 Å². The molecule has 0 unspecified atom stereocenters. The van der Waals surface area contributed by atoms with Gasteiger partial charge in [0.2, 0.25) is 0 Å². The minimum absolute atomic E-state index is 0. The van der Waals surface area contributed by atoms with Crippen LogP contribution in [0.15, 0.2) is 6.07 Å². The van der Waals surface area contributed by atoms with Crippen LogP contribution in [0.5, 0.6) is 0 Å². The van der Waals surface area contributed by atoms with Crippen LogP contribution in [-0.2, 0) is 0 Å². The zero-order chi connectivity index (χ0) is 9.30. The van der Waals surface area contributed by atoms with Crippen LogP contribution < -0.4 is 0 Å². The van der Waals surface area contributed by atoms with E-state index in [1.54, 1.807) is 13.0 Å². The molecular weight excluding hydrogens is 192 g/mol. The van der Waals surface area contributed by atoms with Crippen LogP contribution in [0.25, 0.3) is 0 Å². The molecule has 0 bridgehead atoms. The molecule has 0 saturated heterocycles. The van der Waals surface area contributed by atoms with Crippen LogP contribution in [0.4, 0.5) is 0 Å². The first kappa shape index (κ1) is 12.0. The summed E-state index contributed by atoms with van der Waals surface area (Å²) in [6.45, 7) is 5.59. The normalized spacial score (nSPS) is 9.85. The van der Waals surface area contributed by atoms with E-state index < -0.39 is 5.97 Å². The Morgan fingerprint density at radius 2 is 2.15 bits per heavy atom. The van der Waals surface area contributed by atoms with Crippen molar-refractivity contribution in [3.8, 4) is 0 Å². The Balaban J connectivity index is 0.00000144. The van der Waals surface area contributed by atoms with Gasteiger partial charge in [0.25, 0.3) is 0 Å². The van der Waals surface area contributed by atoms with Gasteiger partial charge in [-0.1, -0.05) is 0 Å². The Hall–Kier alpha value is -1.03. The summed E-state index contributed by atoms with van der Waals surface area (Å²) in [6, 6.07) is 1.66. The van der Waals surface area contributed by atoms with Gasteiger partial charge in [-0.15, -0.1) is 12.4 Å². The van der Waals surface area contributed by atoms with Crippen molar-refractivity contribution < 1.29 is 9.90 Å². The summed E-state index contributed by atoms with van der Waals surface area (Å²) in [4.78, 5) is 10.7. The van der Waals surface area contributed by atoms with Gasteiger partial charge < -0.3 is 5.11 Å². The lowest BCUT2D eigenvalue weighted by Crippen LogP contribution is -2.11. The zero-order valence-electron chi connectivity index (χ0n) is 7.81. The van der Waals surface area contributed by atoms with Gasteiger partial charge in [-0.2, -0.15) is 5.10 Å². The molecule has 74 valence electrons. The van der Waals surface area contributed by atoms with Crippen LogP contribution in [0.2, 0.25) is 0 Å². The fourth-order valence-electron chi connectivity index (χ4n) is 1.07. The molecule has 0 saturated carbocycles. The maximum absolute atomic E-state index is 10.7. The fraction of sp³-hybridized carbons (Fsp3) is 0.500. The van der Waals surface area contributed by atoms with Crippen LogP contribution >= 0.6 is 12.4 Å². The van der Waals surface area contributed by atoms with Crippen LogP contribution in [-0.4, -0.2) is 20.9 Å². The molecule has 13 heavy (non-hydrogen) atoms. The lowest BCUT2D eigenvalue weighted by Gasteiger charge is -2.06. The summed E-state index contributed by atoms with van der Waals surface area (Å²) in [6.07, 6.45) is 0. The summed E-state index contributed by atoms with van der Waals surface area (Å²) in [7, 11) is 0. The van der Waals surface area contributed by atoms with Crippen LogP contribution in [0.3, 0.4) is 0 Å². The van der Waals surface area contributed by atoms with Crippen molar-refractivity contribution in [1.82, 2.24) is 9.78 Å². The average molecular weight is 205 g/mol. The van der Waals surface area contributed by atoms with E-state index in [1.165, 1.54) is 4.68 Å². The smallest absolute Gasteiger partial charge is 0.354 e. The van der Waals surface area contributed by atoms with Gasteiger partial charge in [0.15, 0.2) is 0 Å². The van der Waals surface area contributed by atoms with Crippen molar-refractivity contribution in [3.05, 3.63) is 17.5 Å². The fourth-order valence-corrected chi connectivity index (χ4v) is 1.07. The molecule has 0 aliphatic heterocycles. The van der Waals surface area contributed by atoms with Crippen LogP contribution in [0, 0.1) is 6.92 Å². The number of hydrogen-bond donors (Lipinski definition) is 1. The highest BCUT2D eigenvalue weighted by Gasteiger charge is 2.13. The molecule has 1 heterocycles. The minimum atomic E-state index is -0.927. The first-order valence-corrected chi connectivity index (χ1v) is 3.82. The Morgan fingerprint density at radius 1 is 1.62 bits per heavy atom. The van der Waals surface area contributed by atoms with Crippen molar-refractivity contribution in [3.63, 3.8) is 0 Å². The number of carbonyl (C=O) groups is 1. The number of carboxylic acids is 1. The Bertz CT molecular complexity index is 307. The molecule has 0 fully saturated rings. The number of rotatable bonds is 2. The van der Waals surface area contributed by atoms with E-state index in [1.807, 2.05) is 13.8 Å². The molecular formula is C8H13ClN2O2. The highest BCUT2D eigenvalue weighted by molar-refractivity contribution is 5.86. The highest BCUT2D eigenvalue weighted by Crippen LogP contribution is 2.10. The quantitative estimate of drug-likeness (QED) is 0.801. The lowest BCUT2D eigenvalue weighted by atomic mass is 10.3. The van der Waals surface area contributed by atoms with E-state index in [0.29, 0.717) is 0 Å².